The van der Waals surface area contributed by atoms with E-state index in [1.54, 1.807) is 6.92 Å². The Bertz CT molecular complexity index is 796. The zero-order chi connectivity index (χ0) is 19.1. The summed E-state index contributed by atoms with van der Waals surface area (Å²) in [7, 11) is 1.23. The van der Waals surface area contributed by atoms with E-state index in [1.165, 1.54) is 13.1 Å². The zero-order valence-corrected chi connectivity index (χ0v) is 15.1. The molecule has 0 saturated heterocycles. The summed E-state index contributed by atoms with van der Waals surface area (Å²) in [6.07, 6.45) is -1.80. The average molecular weight is 390 g/mol. The molecule has 1 fully saturated rings. The second-order valence-corrected chi connectivity index (χ2v) is 7.27. The first-order valence-corrected chi connectivity index (χ1v) is 8.57. The Balaban J connectivity index is 1.90. The monoisotopic (exact) mass is 389 g/mol. The predicted octanol–water partition coefficient (Wildman–Crippen LogP) is 3.65. The number of nitrogens with one attached hydrogen (secondary N) is 1. The fourth-order valence-corrected chi connectivity index (χ4v) is 3.27. The molecule has 1 aliphatic carbocycles. The van der Waals surface area contributed by atoms with Gasteiger partial charge in [-0.15, -0.1) is 10.2 Å². The van der Waals surface area contributed by atoms with Crippen molar-refractivity contribution in [2.24, 2.45) is 7.05 Å². The molecular formula is C16H19ClF3N5O. The highest BCUT2D eigenvalue weighted by Crippen LogP contribution is 2.35. The van der Waals surface area contributed by atoms with Crippen LogP contribution in [0.1, 0.15) is 38.3 Å². The van der Waals surface area contributed by atoms with Crippen LogP contribution in [0.15, 0.2) is 12.1 Å². The normalized spacial score (nSPS) is 23.9. The van der Waals surface area contributed by atoms with E-state index in [2.05, 4.69) is 20.6 Å². The molecule has 1 aliphatic rings. The van der Waals surface area contributed by atoms with Crippen LogP contribution in [-0.2, 0) is 13.2 Å². The minimum Gasteiger partial charge on any atom is -0.390 e. The van der Waals surface area contributed by atoms with Crippen LogP contribution in [0.4, 0.5) is 18.9 Å². The van der Waals surface area contributed by atoms with Crippen LogP contribution in [0, 0.1) is 0 Å². The van der Waals surface area contributed by atoms with E-state index in [1.807, 2.05) is 0 Å². The number of anilines is 1. The highest BCUT2D eigenvalue weighted by molar-refractivity contribution is 6.29. The van der Waals surface area contributed by atoms with E-state index in [4.69, 9.17) is 11.6 Å². The van der Waals surface area contributed by atoms with E-state index in [0.717, 1.165) is 23.6 Å². The summed E-state index contributed by atoms with van der Waals surface area (Å²) < 4.78 is 39.9. The van der Waals surface area contributed by atoms with Gasteiger partial charge in [-0.05, 0) is 38.7 Å². The summed E-state index contributed by atoms with van der Waals surface area (Å²) in [6, 6.07) is 2.52. The summed E-state index contributed by atoms with van der Waals surface area (Å²) in [4.78, 5) is 0. The third-order valence-corrected chi connectivity index (χ3v) is 4.78. The molecule has 2 N–H and O–H groups in total. The van der Waals surface area contributed by atoms with Gasteiger partial charge in [0.05, 0.1) is 11.3 Å². The number of halogens is 4. The highest BCUT2D eigenvalue weighted by Gasteiger charge is 2.36. The number of alkyl halides is 3. The zero-order valence-electron chi connectivity index (χ0n) is 14.3. The molecule has 26 heavy (non-hydrogen) atoms. The number of aliphatic hydroxyl groups is 1. The molecule has 2 aromatic heterocycles. The molecule has 6 nitrogen and oxygen atoms in total. The van der Waals surface area contributed by atoms with Gasteiger partial charge in [-0.3, -0.25) is 4.68 Å². The van der Waals surface area contributed by atoms with E-state index >= 15 is 0 Å². The molecule has 0 aromatic carbocycles. The van der Waals surface area contributed by atoms with E-state index in [9.17, 15) is 18.3 Å². The predicted molar refractivity (Wildman–Crippen MR) is 90.7 cm³/mol. The first kappa shape index (κ1) is 18.9. The Kier molecular flexibility index (Phi) is 4.87. The number of nitrogens with zero attached hydrogens (tertiary/aromatic N) is 4. The summed E-state index contributed by atoms with van der Waals surface area (Å²) in [6.45, 7) is 1.80. The van der Waals surface area contributed by atoms with Gasteiger partial charge < -0.3 is 10.4 Å². The molecule has 2 aromatic rings. The minimum atomic E-state index is -4.51. The Labute approximate surface area is 153 Å². The first-order valence-electron chi connectivity index (χ1n) is 8.19. The fraction of sp³-hybridized carbons (Fsp3) is 0.562. The van der Waals surface area contributed by atoms with Crippen LogP contribution < -0.4 is 5.32 Å². The average Bonchev–Trinajstić information content (AvgIpc) is 2.91. The SMILES string of the molecule is Cn1nc(-c2nnc(Cl)cc2NC2CCC(C)(O)CC2)cc1C(F)(F)F. The van der Waals surface area contributed by atoms with Crippen molar-refractivity contribution < 1.29 is 18.3 Å². The molecule has 2 heterocycles. The van der Waals surface area contributed by atoms with Gasteiger partial charge in [0.15, 0.2) is 5.15 Å². The van der Waals surface area contributed by atoms with Gasteiger partial charge in [-0.2, -0.15) is 18.3 Å². The number of aryl methyl sites for hydroxylation is 1. The summed E-state index contributed by atoms with van der Waals surface area (Å²) in [5.41, 5.74) is -0.808. The second kappa shape index (κ2) is 6.70. The van der Waals surface area contributed by atoms with Crippen LogP contribution in [-0.4, -0.2) is 36.7 Å². The fourth-order valence-electron chi connectivity index (χ4n) is 3.12. The van der Waals surface area contributed by atoms with Crippen LogP contribution >= 0.6 is 11.6 Å². The van der Waals surface area contributed by atoms with Gasteiger partial charge in [0.1, 0.15) is 17.1 Å². The molecule has 0 spiro atoms. The van der Waals surface area contributed by atoms with E-state index in [0.29, 0.717) is 18.5 Å². The molecule has 0 amide bonds. The molecule has 3 rings (SSSR count). The third-order valence-electron chi connectivity index (χ3n) is 4.60. The molecule has 0 radical (unpaired) electrons. The van der Waals surface area contributed by atoms with Crippen molar-refractivity contribution in [3.63, 3.8) is 0 Å². The molecule has 0 aliphatic heterocycles. The quantitative estimate of drug-likeness (QED) is 0.838. The summed E-state index contributed by atoms with van der Waals surface area (Å²) >= 11 is 5.92. The van der Waals surface area contributed by atoms with Crippen molar-refractivity contribution in [1.29, 1.82) is 0 Å². The summed E-state index contributed by atoms with van der Waals surface area (Å²) in [5, 5.41) is 25.1. The number of aromatic nitrogens is 4. The number of hydrogen-bond acceptors (Lipinski definition) is 5. The Morgan fingerprint density at radius 2 is 1.92 bits per heavy atom. The maximum absolute atomic E-state index is 13.0. The van der Waals surface area contributed by atoms with Crippen LogP contribution in [0.2, 0.25) is 5.15 Å². The maximum Gasteiger partial charge on any atom is 0.433 e. The molecule has 0 bridgehead atoms. The van der Waals surface area contributed by atoms with Crippen molar-refractivity contribution in [2.45, 2.75) is 50.4 Å². The lowest BCUT2D eigenvalue weighted by atomic mass is 9.83. The molecular weight excluding hydrogens is 371 g/mol. The molecule has 1 saturated carbocycles. The van der Waals surface area contributed by atoms with Crippen molar-refractivity contribution >= 4 is 17.3 Å². The maximum atomic E-state index is 13.0. The molecule has 0 unspecified atom stereocenters. The second-order valence-electron chi connectivity index (χ2n) is 6.88. The van der Waals surface area contributed by atoms with Crippen LogP contribution in [0.3, 0.4) is 0 Å². The van der Waals surface area contributed by atoms with Gasteiger partial charge in [-0.25, -0.2) is 0 Å². The minimum absolute atomic E-state index is 0.0556. The van der Waals surface area contributed by atoms with Crippen LogP contribution in [0.25, 0.3) is 11.4 Å². The van der Waals surface area contributed by atoms with E-state index in [-0.39, 0.29) is 22.6 Å². The van der Waals surface area contributed by atoms with Gasteiger partial charge in [0, 0.05) is 19.2 Å². The largest absolute Gasteiger partial charge is 0.433 e. The van der Waals surface area contributed by atoms with Gasteiger partial charge >= 0.3 is 6.18 Å². The van der Waals surface area contributed by atoms with Crippen LogP contribution in [0.5, 0.6) is 0 Å². The molecule has 0 atom stereocenters. The lowest BCUT2D eigenvalue weighted by Gasteiger charge is -2.34. The highest BCUT2D eigenvalue weighted by atomic mass is 35.5. The number of rotatable bonds is 3. The van der Waals surface area contributed by atoms with E-state index < -0.39 is 17.5 Å². The van der Waals surface area contributed by atoms with Gasteiger partial charge in [-0.1, -0.05) is 11.6 Å². The van der Waals surface area contributed by atoms with Crippen molar-refractivity contribution in [3.05, 3.63) is 23.0 Å². The standard InChI is InChI=1S/C16H19ClF3N5O/c1-15(26)5-3-9(4-6-15)21-10-8-13(17)22-23-14(10)11-7-12(16(18,19)20)25(2)24-11/h7-9,26H,3-6H2,1-2H3,(H,21,22). The Morgan fingerprint density at radius 3 is 2.50 bits per heavy atom. The Morgan fingerprint density at radius 1 is 1.27 bits per heavy atom. The summed E-state index contributed by atoms with van der Waals surface area (Å²) in [5.74, 6) is 0. The van der Waals surface area contributed by atoms with Crippen molar-refractivity contribution in [3.8, 4) is 11.4 Å². The van der Waals surface area contributed by atoms with Gasteiger partial charge in [0.25, 0.3) is 0 Å². The third kappa shape index (κ3) is 4.09. The number of hydrogen-bond donors (Lipinski definition) is 2. The first-order chi connectivity index (χ1) is 12.0. The lowest BCUT2D eigenvalue weighted by Crippen LogP contribution is -2.35. The molecule has 10 heteroatoms. The molecule has 142 valence electrons. The van der Waals surface area contributed by atoms with Crippen molar-refractivity contribution in [1.82, 2.24) is 20.0 Å². The Hall–Kier alpha value is -1.87. The topological polar surface area (TPSA) is 75.9 Å². The lowest BCUT2D eigenvalue weighted by molar-refractivity contribution is -0.143. The van der Waals surface area contributed by atoms with Gasteiger partial charge in [0.2, 0.25) is 0 Å². The van der Waals surface area contributed by atoms with Crippen molar-refractivity contribution in [2.75, 3.05) is 5.32 Å². The smallest absolute Gasteiger partial charge is 0.390 e.